The Bertz CT molecular complexity index is 173. The molecule has 1 atom stereocenters. The van der Waals surface area contributed by atoms with Gasteiger partial charge in [0, 0.05) is 6.42 Å². The van der Waals surface area contributed by atoms with Gasteiger partial charge in [-0.3, -0.25) is 4.79 Å². The lowest BCUT2D eigenvalue weighted by molar-refractivity contribution is -0.153. The number of ether oxygens (including phenoxy) is 1. The second-order valence-electron chi connectivity index (χ2n) is 3.52. The molecule has 70 valence electrons. The minimum absolute atomic E-state index is 0.0162. The van der Waals surface area contributed by atoms with Gasteiger partial charge < -0.3 is 9.53 Å². The molecular formula is C9H16O3. The predicted octanol–water partition coefficient (Wildman–Crippen LogP) is 1.41. The van der Waals surface area contributed by atoms with E-state index in [1.54, 1.807) is 13.8 Å². The molecule has 0 N–H and O–H groups in total. The Morgan fingerprint density at radius 1 is 1.58 bits per heavy atom. The summed E-state index contributed by atoms with van der Waals surface area (Å²) in [4.78, 5) is 21.4. The summed E-state index contributed by atoms with van der Waals surface area (Å²) < 4.78 is 4.63. The van der Waals surface area contributed by atoms with E-state index in [9.17, 15) is 9.59 Å². The van der Waals surface area contributed by atoms with Crippen molar-refractivity contribution in [3.8, 4) is 0 Å². The molecule has 0 aliphatic rings. The van der Waals surface area contributed by atoms with Crippen molar-refractivity contribution in [2.45, 2.75) is 27.2 Å². The average Bonchev–Trinajstić information content (AvgIpc) is 2.03. The van der Waals surface area contributed by atoms with Crippen LogP contribution in [0.5, 0.6) is 0 Å². The van der Waals surface area contributed by atoms with Crippen molar-refractivity contribution in [1.82, 2.24) is 0 Å². The van der Waals surface area contributed by atoms with E-state index in [2.05, 4.69) is 4.74 Å². The Morgan fingerprint density at radius 3 is 2.42 bits per heavy atom. The first-order chi connectivity index (χ1) is 5.46. The fourth-order valence-corrected chi connectivity index (χ4v) is 0.903. The van der Waals surface area contributed by atoms with E-state index < -0.39 is 5.41 Å². The van der Waals surface area contributed by atoms with Crippen molar-refractivity contribution in [3.05, 3.63) is 0 Å². The quantitative estimate of drug-likeness (QED) is 0.475. The molecule has 0 saturated heterocycles. The molecule has 0 aromatic carbocycles. The molecule has 0 aliphatic heterocycles. The summed E-state index contributed by atoms with van der Waals surface area (Å²) in [5, 5.41) is 0. The van der Waals surface area contributed by atoms with Gasteiger partial charge in [0.1, 0.15) is 6.29 Å². The molecule has 0 saturated carbocycles. The van der Waals surface area contributed by atoms with E-state index in [-0.39, 0.29) is 11.9 Å². The van der Waals surface area contributed by atoms with Crippen LogP contribution in [0.4, 0.5) is 0 Å². The van der Waals surface area contributed by atoms with Crippen LogP contribution in [0.15, 0.2) is 0 Å². The van der Waals surface area contributed by atoms with Gasteiger partial charge in [-0.05, 0) is 19.8 Å². The molecule has 12 heavy (non-hydrogen) atoms. The van der Waals surface area contributed by atoms with Crippen LogP contribution in [0.25, 0.3) is 0 Å². The van der Waals surface area contributed by atoms with Crippen LogP contribution < -0.4 is 0 Å². The molecule has 0 bridgehead atoms. The number of methoxy groups -OCH3 is 1. The lowest BCUT2D eigenvalue weighted by atomic mass is 9.78. The highest BCUT2D eigenvalue weighted by molar-refractivity contribution is 5.76. The maximum absolute atomic E-state index is 11.2. The Labute approximate surface area is 73.1 Å². The highest BCUT2D eigenvalue weighted by Gasteiger charge is 2.34. The van der Waals surface area contributed by atoms with Gasteiger partial charge >= 0.3 is 5.97 Å². The number of hydrogen-bond donors (Lipinski definition) is 0. The highest BCUT2D eigenvalue weighted by atomic mass is 16.5. The zero-order valence-corrected chi connectivity index (χ0v) is 8.09. The van der Waals surface area contributed by atoms with Crippen molar-refractivity contribution in [2.24, 2.45) is 11.3 Å². The Hall–Kier alpha value is -0.860. The summed E-state index contributed by atoms with van der Waals surface area (Å²) in [5.41, 5.74) is -0.574. The number of hydrogen-bond acceptors (Lipinski definition) is 3. The summed E-state index contributed by atoms with van der Waals surface area (Å²) in [6.45, 7) is 5.44. The molecule has 0 fully saturated rings. The van der Waals surface area contributed by atoms with E-state index >= 15 is 0 Å². The second-order valence-corrected chi connectivity index (χ2v) is 3.52. The highest BCUT2D eigenvalue weighted by Crippen LogP contribution is 2.29. The predicted molar refractivity (Wildman–Crippen MR) is 45.6 cm³/mol. The summed E-state index contributed by atoms with van der Waals surface area (Å²) in [5.74, 6) is -0.251. The van der Waals surface area contributed by atoms with Gasteiger partial charge in [0.2, 0.25) is 0 Å². The number of carbonyl (C=O) groups is 2. The molecule has 3 nitrogen and oxygen atoms in total. The first kappa shape index (κ1) is 11.1. The smallest absolute Gasteiger partial charge is 0.311 e. The molecule has 1 unspecified atom stereocenters. The van der Waals surface area contributed by atoms with Gasteiger partial charge in [-0.25, -0.2) is 0 Å². The molecule has 0 heterocycles. The van der Waals surface area contributed by atoms with Gasteiger partial charge in [0.15, 0.2) is 0 Å². The van der Waals surface area contributed by atoms with Gasteiger partial charge in [0.05, 0.1) is 12.5 Å². The van der Waals surface area contributed by atoms with Crippen LogP contribution in [0.3, 0.4) is 0 Å². The SMILES string of the molecule is COC(=O)C(C)(C)C(C)CC=O. The molecule has 0 amide bonds. The third-order valence-corrected chi connectivity index (χ3v) is 2.39. The number of carbonyl (C=O) groups excluding carboxylic acids is 2. The van der Waals surface area contributed by atoms with Crippen LogP contribution in [0, 0.1) is 11.3 Å². The maximum Gasteiger partial charge on any atom is 0.311 e. The third kappa shape index (κ3) is 2.32. The van der Waals surface area contributed by atoms with E-state index in [1.165, 1.54) is 7.11 Å². The van der Waals surface area contributed by atoms with Crippen LogP contribution >= 0.6 is 0 Å². The van der Waals surface area contributed by atoms with E-state index in [4.69, 9.17) is 0 Å². The lowest BCUT2D eigenvalue weighted by Gasteiger charge is -2.27. The minimum atomic E-state index is -0.574. The van der Waals surface area contributed by atoms with E-state index in [0.29, 0.717) is 6.42 Å². The molecule has 0 rings (SSSR count). The monoisotopic (exact) mass is 172 g/mol. The first-order valence-electron chi connectivity index (χ1n) is 3.98. The zero-order chi connectivity index (χ0) is 9.78. The summed E-state index contributed by atoms with van der Waals surface area (Å²) in [6.07, 6.45) is 1.22. The van der Waals surface area contributed by atoms with Crippen molar-refractivity contribution in [2.75, 3.05) is 7.11 Å². The summed E-state index contributed by atoms with van der Waals surface area (Å²) in [7, 11) is 1.36. The van der Waals surface area contributed by atoms with Crippen LogP contribution in [-0.2, 0) is 14.3 Å². The van der Waals surface area contributed by atoms with Crippen molar-refractivity contribution in [3.63, 3.8) is 0 Å². The van der Waals surface area contributed by atoms with Crippen LogP contribution in [0.2, 0.25) is 0 Å². The average molecular weight is 172 g/mol. The Kier molecular flexibility index (Phi) is 3.93. The minimum Gasteiger partial charge on any atom is -0.469 e. The normalized spacial score (nSPS) is 13.7. The first-order valence-corrected chi connectivity index (χ1v) is 3.98. The van der Waals surface area contributed by atoms with Crippen molar-refractivity contribution < 1.29 is 14.3 Å². The van der Waals surface area contributed by atoms with Gasteiger partial charge in [-0.1, -0.05) is 6.92 Å². The van der Waals surface area contributed by atoms with Crippen molar-refractivity contribution in [1.29, 1.82) is 0 Å². The standard InChI is InChI=1S/C9H16O3/c1-7(5-6-10)9(2,3)8(11)12-4/h6-7H,5H2,1-4H3. The molecular weight excluding hydrogens is 156 g/mol. The fourth-order valence-electron chi connectivity index (χ4n) is 0.903. The summed E-state index contributed by atoms with van der Waals surface area (Å²) in [6, 6.07) is 0. The fraction of sp³-hybridized carbons (Fsp3) is 0.778. The molecule has 0 aromatic rings. The molecule has 0 spiro atoms. The molecule has 0 aliphatic carbocycles. The number of esters is 1. The largest absolute Gasteiger partial charge is 0.469 e. The van der Waals surface area contributed by atoms with Crippen molar-refractivity contribution >= 4 is 12.3 Å². The van der Waals surface area contributed by atoms with E-state index in [1.807, 2.05) is 6.92 Å². The lowest BCUT2D eigenvalue weighted by Crippen LogP contribution is -2.32. The molecule has 0 radical (unpaired) electrons. The molecule has 0 aromatic heterocycles. The van der Waals surface area contributed by atoms with Gasteiger partial charge in [0.25, 0.3) is 0 Å². The third-order valence-electron chi connectivity index (χ3n) is 2.39. The van der Waals surface area contributed by atoms with Crippen LogP contribution in [0.1, 0.15) is 27.2 Å². The second kappa shape index (κ2) is 4.24. The topological polar surface area (TPSA) is 43.4 Å². The summed E-state index contributed by atoms with van der Waals surface area (Å²) >= 11 is 0. The zero-order valence-electron chi connectivity index (χ0n) is 8.09. The van der Waals surface area contributed by atoms with Gasteiger partial charge in [-0.2, -0.15) is 0 Å². The van der Waals surface area contributed by atoms with E-state index in [0.717, 1.165) is 6.29 Å². The molecule has 3 heteroatoms. The maximum atomic E-state index is 11.2. The number of aldehydes is 1. The Balaban J connectivity index is 4.36. The van der Waals surface area contributed by atoms with Gasteiger partial charge in [-0.15, -0.1) is 0 Å². The van der Waals surface area contributed by atoms with Crippen LogP contribution in [-0.4, -0.2) is 19.4 Å². The Morgan fingerprint density at radius 2 is 2.08 bits per heavy atom. The number of rotatable bonds is 4.